The second-order valence-electron chi connectivity index (χ2n) is 4.82. The first kappa shape index (κ1) is 18.2. The highest BCUT2D eigenvalue weighted by Crippen LogP contribution is 2.25. The molecule has 1 aliphatic rings. The first-order chi connectivity index (χ1) is 8.58. The van der Waals surface area contributed by atoms with Crippen LogP contribution in [0.25, 0.3) is 0 Å². The van der Waals surface area contributed by atoms with Gasteiger partial charge in [0.15, 0.2) is 0 Å². The molecule has 1 fully saturated rings. The maximum absolute atomic E-state index is 11.6. The van der Waals surface area contributed by atoms with E-state index in [2.05, 4.69) is 5.32 Å². The van der Waals surface area contributed by atoms with E-state index in [1.54, 1.807) is 0 Å². The van der Waals surface area contributed by atoms with Gasteiger partial charge in [-0.05, 0) is 39.0 Å². The van der Waals surface area contributed by atoms with Crippen molar-refractivity contribution in [1.82, 2.24) is 5.32 Å². The third-order valence-corrected chi connectivity index (χ3v) is 3.47. The number of halogens is 1. The van der Waals surface area contributed by atoms with Gasteiger partial charge in [-0.2, -0.15) is 0 Å². The fraction of sp³-hybridized carbons (Fsp3) is 0.846. The summed E-state index contributed by atoms with van der Waals surface area (Å²) >= 11 is 0. The molecule has 0 heterocycles. The Balaban J connectivity index is 0.00000324. The van der Waals surface area contributed by atoms with Crippen molar-refractivity contribution in [2.75, 3.05) is 6.61 Å². The van der Waals surface area contributed by atoms with Crippen molar-refractivity contribution in [3.8, 4) is 0 Å². The quantitative estimate of drug-likeness (QED) is 0.750. The van der Waals surface area contributed by atoms with E-state index in [0.717, 1.165) is 25.7 Å². The van der Waals surface area contributed by atoms with E-state index in [4.69, 9.17) is 10.5 Å². The van der Waals surface area contributed by atoms with Gasteiger partial charge in [0, 0.05) is 6.04 Å². The van der Waals surface area contributed by atoms with E-state index < -0.39 is 6.04 Å². The van der Waals surface area contributed by atoms with Crippen LogP contribution in [0.5, 0.6) is 0 Å². The van der Waals surface area contributed by atoms with Crippen LogP contribution in [0.15, 0.2) is 0 Å². The van der Waals surface area contributed by atoms with Crippen LogP contribution < -0.4 is 11.1 Å². The van der Waals surface area contributed by atoms with E-state index in [0.29, 0.717) is 13.0 Å². The number of carbonyl (C=O) groups excluding carboxylic acids is 2. The van der Waals surface area contributed by atoms with Gasteiger partial charge in [0.05, 0.1) is 18.6 Å². The Kier molecular flexibility index (Phi) is 8.76. The number of hydrogen-bond donors (Lipinski definition) is 2. The second kappa shape index (κ2) is 9.15. The molecule has 1 rings (SSSR count). The number of rotatable bonds is 5. The van der Waals surface area contributed by atoms with Crippen molar-refractivity contribution in [3.05, 3.63) is 0 Å². The molecule has 1 saturated carbocycles. The highest BCUT2D eigenvalue weighted by Gasteiger charge is 2.28. The lowest BCUT2D eigenvalue weighted by molar-refractivity contribution is -0.149. The van der Waals surface area contributed by atoms with E-state index in [1.807, 2.05) is 13.8 Å². The van der Waals surface area contributed by atoms with Crippen molar-refractivity contribution < 1.29 is 14.3 Å². The van der Waals surface area contributed by atoms with Gasteiger partial charge in [0.1, 0.15) is 0 Å². The van der Waals surface area contributed by atoms with Gasteiger partial charge in [-0.25, -0.2) is 0 Å². The molecule has 112 valence electrons. The molecule has 0 aliphatic heterocycles. The smallest absolute Gasteiger partial charge is 0.308 e. The largest absolute Gasteiger partial charge is 0.466 e. The molecule has 0 radical (unpaired) electrons. The zero-order valence-corrected chi connectivity index (χ0v) is 12.5. The molecule has 0 aromatic heterocycles. The molecule has 0 aromatic rings. The predicted octanol–water partition coefficient (Wildman–Crippen LogP) is 1.38. The minimum Gasteiger partial charge on any atom is -0.466 e. The van der Waals surface area contributed by atoms with Gasteiger partial charge in [-0.15, -0.1) is 12.4 Å². The molecular weight excluding hydrogens is 268 g/mol. The monoisotopic (exact) mass is 292 g/mol. The van der Waals surface area contributed by atoms with Crippen molar-refractivity contribution in [2.24, 2.45) is 11.7 Å². The van der Waals surface area contributed by atoms with Gasteiger partial charge < -0.3 is 15.8 Å². The average molecular weight is 293 g/mol. The summed E-state index contributed by atoms with van der Waals surface area (Å²) in [6.45, 7) is 4.14. The third-order valence-electron chi connectivity index (χ3n) is 3.47. The molecular formula is C13H25ClN2O3. The topological polar surface area (TPSA) is 81.4 Å². The van der Waals surface area contributed by atoms with Gasteiger partial charge in [-0.3, -0.25) is 9.59 Å². The molecule has 0 unspecified atom stereocenters. The number of nitrogens with one attached hydrogen (secondary N) is 1. The van der Waals surface area contributed by atoms with Crippen LogP contribution in [-0.2, 0) is 14.3 Å². The molecule has 1 amide bonds. The fourth-order valence-electron chi connectivity index (χ4n) is 2.23. The highest BCUT2D eigenvalue weighted by atomic mass is 35.5. The lowest BCUT2D eigenvalue weighted by Crippen LogP contribution is -2.46. The summed E-state index contributed by atoms with van der Waals surface area (Å²) in [7, 11) is 0. The van der Waals surface area contributed by atoms with Crippen LogP contribution in [0.1, 0.15) is 46.0 Å². The summed E-state index contributed by atoms with van der Waals surface area (Å²) < 4.78 is 5.01. The average Bonchev–Trinajstić information content (AvgIpc) is 2.38. The Morgan fingerprint density at radius 3 is 2.32 bits per heavy atom. The number of amides is 1. The van der Waals surface area contributed by atoms with E-state index in [-0.39, 0.29) is 36.2 Å². The van der Waals surface area contributed by atoms with Crippen LogP contribution in [0, 0.1) is 5.92 Å². The van der Waals surface area contributed by atoms with E-state index >= 15 is 0 Å². The van der Waals surface area contributed by atoms with Gasteiger partial charge in [0.2, 0.25) is 5.91 Å². The lowest BCUT2D eigenvalue weighted by Gasteiger charge is -2.28. The van der Waals surface area contributed by atoms with Gasteiger partial charge in [0.25, 0.3) is 0 Å². The van der Waals surface area contributed by atoms with E-state index in [1.165, 1.54) is 0 Å². The Hall–Kier alpha value is -0.810. The van der Waals surface area contributed by atoms with Crippen LogP contribution in [0.2, 0.25) is 0 Å². The second-order valence-corrected chi connectivity index (χ2v) is 4.82. The molecule has 6 heteroatoms. The molecule has 0 spiro atoms. The van der Waals surface area contributed by atoms with Crippen LogP contribution in [-0.4, -0.2) is 30.6 Å². The van der Waals surface area contributed by atoms with Gasteiger partial charge >= 0.3 is 5.97 Å². The maximum Gasteiger partial charge on any atom is 0.308 e. The summed E-state index contributed by atoms with van der Waals surface area (Å²) in [4.78, 5) is 23.2. The molecule has 1 atom stereocenters. The first-order valence-electron chi connectivity index (χ1n) is 6.81. The normalized spacial score (nSPS) is 23.9. The molecule has 5 nitrogen and oxygen atoms in total. The SMILES string of the molecule is CCOC(=O)C1CCC(NC(=O)[C@@H](N)CC)CC1.Cl. The summed E-state index contributed by atoms with van der Waals surface area (Å²) in [6, 6.07) is -0.270. The molecule has 0 bridgehead atoms. The number of ether oxygens (including phenoxy) is 1. The van der Waals surface area contributed by atoms with Gasteiger partial charge in [-0.1, -0.05) is 6.92 Å². The third kappa shape index (κ3) is 5.78. The predicted molar refractivity (Wildman–Crippen MR) is 76.0 cm³/mol. The number of carbonyl (C=O) groups is 2. The van der Waals surface area contributed by atoms with Crippen molar-refractivity contribution >= 4 is 24.3 Å². The van der Waals surface area contributed by atoms with Crippen molar-refractivity contribution in [3.63, 3.8) is 0 Å². The molecule has 19 heavy (non-hydrogen) atoms. The standard InChI is InChI=1S/C13H24N2O3.ClH/c1-3-11(14)12(16)15-10-7-5-9(6-8-10)13(17)18-4-2;/h9-11H,3-8,14H2,1-2H3,(H,15,16);1H/t9?,10?,11-;/m0./s1. The van der Waals surface area contributed by atoms with Crippen molar-refractivity contribution in [1.29, 1.82) is 0 Å². The number of esters is 1. The Labute approximate surface area is 121 Å². The number of nitrogens with two attached hydrogens (primary N) is 1. The highest BCUT2D eigenvalue weighted by molar-refractivity contribution is 5.85. The van der Waals surface area contributed by atoms with Crippen LogP contribution in [0.4, 0.5) is 0 Å². The fourth-order valence-corrected chi connectivity index (χ4v) is 2.23. The zero-order valence-electron chi connectivity index (χ0n) is 11.7. The molecule has 0 saturated heterocycles. The van der Waals surface area contributed by atoms with Crippen LogP contribution >= 0.6 is 12.4 Å². The Morgan fingerprint density at radius 1 is 1.26 bits per heavy atom. The summed E-state index contributed by atoms with van der Waals surface area (Å²) in [5.41, 5.74) is 5.66. The zero-order chi connectivity index (χ0) is 13.5. The van der Waals surface area contributed by atoms with Crippen LogP contribution in [0.3, 0.4) is 0 Å². The molecule has 1 aliphatic carbocycles. The minimum atomic E-state index is -0.423. The first-order valence-corrected chi connectivity index (χ1v) is 6.81. The molecule has 0 aromatic carbocycles. The Bertz CT molecular complexity index is 292. The van der Waals surface area contributed by atoms with Crippen molar-refractivity contribution in [2.45, 2.75) is 58.0 Å². The lowest BCUT2D eigenvalue weighted by atomic mass is 9.86. The minimum absolute atomic E-state index is 0. The molecule has 3 N–H and O–H groups in total. The summed E-state index contributed by atoms with van der Waals surface area (Å²) in [6.07, 6.45) is 3.86. The van der Waals surface area contributed by atoms with E-state index in [9.17, 15) is 9.59 Å². The Morgan fingerprint density at radius 2 is 1.84 bits per heavy atom. The number of hydrogen-bond acceptors (Lipinski definition) is 4. The maximum atomic E-state index is 11.6. The summed E-state index contributed by atoms with van der Waals surface area (Å²) in [5, 5.41) is 2.94. The summed E-state index contributed by atoms with van der Waals surface area (Å²) in [5.74, 6) is -0.192.